The molecule has 0 aromatic heterocycles. The number of sulfonamides is 1. The van der Waals surface area contributed by atoms with Crippen LogP contribution in [0.15, 0.2) is 29.2 Å². The van der Waals surface area contributed by atoms with Crippen molar-refractivity contribution in [3.63, 3.8) is 0 Å². The quantitative estimate of drug-likeness (QED) is 0.926. The van der Waals surface area contributed by atoms with Crippen LogP contribution in [0.5, 0.6) is 0 Å². The average molecular weight is 323 g/mol. The van der Waals surface area contributed by atoms with Crippen molar-refractivity contribution in [3.8, 4) is 0 Å². The number of halogens is 3. The average Bonchev–Trinajstić information content (AvgIpc) is 2.46. The van der Waals surface area contributed by atoms with Gasteiger partial charge in [0.15, 0.2) is 0 Å². The lowest BCUT2D eigenvalue weighted by molar-refractivity contribution is -0.137. The molecular formula is C13H16F3NO3S. The van der Waals surface area contributed by atoms with Crippen molar-refractivity contribution in [1.29, 1.82) is 0 Å². The van der Waals surface area contributed by atoms with Crippen molar-refractivity contribution < 1.29 is 26.3 Å². The van der Waals surface area contributed by atoms with Gasteiger partial charge in [0.25, 0.3) is 0 Å². The van der Waals surface area contributed by atoms with Gasteiger partial charge in [-0.3, -0.25) is 0 Å². The summed E-state index contributed by atoms with van der Waals surface area (Å²) in [5.41, 5.74) is -0.976. The third-order valence-corrected chi connectivity index (χ3v) is 4.80. The molecule has 0 amide bonds. The normalized spacial score (nSPS) is 17.9. The topological polar surface area (TPSA) is 55.4 Å². The second-order valence-electron chi connectivity index (χ2n) is 4.93. The molecule has 0 radical (unpaired) electrons. The Bertz CT molecular complexity index is 581. The molecule has 0 unspecified atom stereocenters. The first-order chi connectivity index (χ1) is 9.79. The Balaban J connectivity index is 2.08. The Kier molecular flexibility index (Phi) is 4.90. The molecule has 1 aliphatic heterocycles. The zero-order valence-corrected chi connectivity index (χ0v) is 12.0. The molecule has 1 aromatic carbocycles. The van der Waals surface area contributed by atoms with Crippen LogP contribution in [0.2, 0.25) is 0 Å². The molecule has 0 saturated carbocycles. The maximum atomic E-state index is 12.6. The highest BCUT2D eigenvalue weighted by Crippen LogP contribution is 2.30. The van der Waals surface area contributed by atoms with Gasteiger partial charge in [-0.2, -0.15) is 13.2 Å². The van der Waals surface area contributed by atoms with Gasteiger partial charge in [0.2, 0.25) is 10.0 Å². The predicted octanol–water partition coefficient (Wildman–Crippen LogP) is 2.41. The molecule has 1 saturated heterocycles. The summed E-state index contributed by atoms with van der Waals surface area (Å²) in [7, 11) is -3.93. The van der Waals surface area contributed by atoms with E-state index in [2.05, 4.69) is 4.72 Å². The summed E-state index contributed by atoms with van der Waals surface area (Å²) in [6.07, 6.45) is -3.08. The van der Waals surface area contributed by atoms with Crippen LogP contribution in [0, 0.1) is 5.92 Å². The number of alkyl halides is 3. The van der Waals surface area contributed by atoms with Crippen LogP contribution in [-0.4, -0.2) is 28.2 Å². The van der Waals surface area contributed by atoms with Gasteiger partial charge in [-0.15, -0.1) is 0 Å². The molecule has 1 N–H and O–H groups in total. The Morgan fingerprint density at radius 1 is 1.24 bits per heavy atom. The number of nitrogens with one attached hydrogen (secondary N) is 1. The first-order valence-electron chi connectivity index (χ1n) is 6.54. The minimum absolute atomic E-state index is 0.152. The van der Waals surface area contributed by atoms with Crippen LogP contribution < -0.4 is 4.72 Å². The molecular weight excluding hydrogens is 307 g/mol. The molecule has 0 atom stereocenters. The molecule has 2 rings (SSSR count). The smallest absolute Gasteiger partial charge is 0.381 e. The molecule has 4 nitrogen and oxygen atoms in total. The number of hydrogen-bond acceptors (Lipinski definition) is 3. The summed E-state index contributed by atoms with van der Waals surface area (Å²) < 4.78 is 69.4. The zero-order valence-electron chi connectivity index (χ0n) is 11.2. The van der Waals surface area contributed by atoms with Crippen molar-refractivity contribution in [2.75, 3.05) is 19.8 Å². The highest BCUT2D eigenvalue weighted by Gasteiger charge is 2.31. The molecule has 1 aliphatic rings. The Hall–Kier alpha value is -1.12. The van der Waals surface area contributed by atoms with E-state index in [0.717, 1.165) is 31.0 Å². The van der Waals surface area contributed by atoms with E-state index >= 15 is 0 Å². The van der Waals surface area contributed by atoms with Gasteiger partial charge in [-0.25, -0.2) is 13.1 Å². The Morgan fingerprint density at radius 2 is 1.90 bits per heavy atom. The van der Waals surface area contributed by atoms with Crippen LogP contribution >= 0.6 is 0 Å². The zero-order chi connectivity index (χ0) is 15.5. The molecule has 1 heterocycles. The highest BCUT2D eigenvalue weighted by molar-refractivity contribution is 7.89. The van der Waals surface area contributed by atoms with Crippen LogP contribution in [-0.2, 0) is 20.9 Å². The summed E-state index contributed by atoms with van der Waals surface area (Å²) >= 11 is 0. The monoisotopic (exact) mass is 323 g/mol. The molecule has 1 fully saturated rings. The van der Waals surface area contributed by atoms with E-state index in [1.54, 1.807) is 0 Å². The van der Waals surface area contributed by atoms with E-state index in [4.69, 9.17) is 4.74 Å². The second-order valence-corrected chi connectivity index (χ2v) is 6.70. The van der Waals surface area contributed by atoms with E-state index in [9.17, 15) is 21.6 Å². The third-order valence-electron chi connectivity index (χ3n) is 3.37. The second kappa shape index (κ2) is 6.33. The summed E-state index contributed by atoms with van der Waals surface area (Å²) in [5.74, 6) is 0.152. The lowest BCUT2D eigenvalue weighted by Gasteiger charge is -2.22. The summed E-state index contributed by atoms with van der Waals surface area (Å²) in [4.78, 5) is -0.371. The number of ether oxygens (including phenoxy) is 1. The van der Waals surface area contributed by atoms with Crippen molar-refractivity contribution in [3.05, 3.63) is 29.8 Å². The van der Waals surface area contributed by atoms with E-state index in [1.165, 1.54) is 0 Å². The van der Waals surface area contributed by atoms with Gasteiger partial charge in [-0.1, -0.05) is 6.07 Å². The van der Waals surface area contributed by atoms with Crippen LogP contribution in [0.4, 0.5) is 13.2 Å². The van der Waals surface area contributed by atoms with Gasteiger partial charge in [0.1, 0.15) is 0 Å². The lowest BCUT2D eigenvalue weighted by Crippen LogP contribution is -2.32. The van der Waals surface area contributed by atoms with Crippen LogP contribution in [0.3, 0.4) is 0 Å². The van der Waals surface area contributed by atoms with E-state index < -0.39 is 21.8 Å². The fraction of sp³-hybridized carbons (Fsp3) is 0.538. The highest BCUT2D eigenvalue weighted by atomic mass is 32.2. The fourth-order valence-electron chi connectivity index (χ4n) is 2.10. The largest absolute Gasteiger partial charge is 0.416 e. The van der Waals surface area contributed by atoms with Crippen LogP contribution in [0.1, 0.15) is 18.4 Å². The minimum Gasteiger partial charge on any atom is -0.381 e. The lowest BCUT2D eigenvalue weighted by atomic mass is 10.0. The van der Waals surface area contributed by atoms with Crippen molar-refractivity contribution in [1.82, 2.24) is 4.72 Å². The minimum atomic E-state index is -4.56. The summed E-state index contributed by atoms with van der Waals surface area (Å²) in [6.45, 7) is 1.37. The standard InChI is InChI=1S/C13H16F3NO3S/c14-13(15,16)11-2-1-3-12(8-11)21(18,19)17-9-10-4-6-20-7-5-10/h1-3,8,10,17H,4-7,9H2. The molecule has 118 valence electrons. The van der Waals surface area contributed by atoms with Gasteiger partial charge in [0, 0.05) is 19.8 Å². The maximum absolute atomic E-state index is 12.6. The molecule has 8 heteroatoms. The summed E-state index contributed by atoms with van der Waals surface area (Å²) in [5, 5.41) is 0. The number of benzene rings is 1. The molecule has 0 spiro atoms. The van der Waals surface area contributed by atoms with E-state index in [-0.39, 0.29) is 17.4 Å². The number of hydrogen-bond donors (Lipinski definition) is 1. The van der Waals surface area contributed by atoms with Crippen molar-refractivity contribution >= 4 is 10.0 Å². The molecule has 0 aliphatic carbocycles. The SMILES string of the molecule is O=S(=O)(NCC1CCOCC1)c1cccc(C(F)(F)F)c1. The van der Waals surface area contributed by atoms with E-state index in [0.29, 0.717) is 19.3 Å². The van der Waals surface area contributed by atoms with Gasteiger partial charge in [0.05, 0.1) is 10.5 Å². The van der Waals surface area contributed by atoms with Crippen molar-refractivity contribution in [2.45, 2.75) is 23.9 Å². The summed E-state index contributed by atoms with van der Waals surface area (Å²) in [6, 6.07) is 3.73. The maximum Gasteiger partial charge on any atom is 0.416 e. The Morgan fingerprint density at radius 3 is 2.52 bits per heavy atom. The van der Waals surface area contributed by atoms with Gasteiger partial charge >= 0.3 is 6.18 Å². The number of rotatable bonds is 4. The first-order valence-corrected chi connectivity index (χ1v) is 8.02. The molecule has 0 bridgehead atoms. The molecule has 1 aromatic rings. The van der Waals surface area contributed by atoms with Gasteiger partial charge in [-0.05, 0) is 37.0 Å². The Labute approximate surface area is 121 Å². The first kappa shape index (κ1) is 16.3. The third kappa shape index (κ3) is 4.42. The van der Waals surface area contributed by atoms with Crippen molar-refractivity contribution in [2.24, 2.45) is 5.92 Å². The predicted molar refractivity (Wildman–Crippen MR) is 70.2 cm³/mol. The molecule has 21 heavy (non-hydrogen) atoms. The van der Waals surface area contributed by atoms with E-state index in [1.807, 2.05) is 0 Å². The van der Waals surface area contributed by atoms with Crippen LogP contribution in [0.25, 0.3) is 0 Å². The fourth-order valence-corrected chi connectivity index (χ4v) is 3.26. The van der Waals surface area contributed by atoms with Gasteiger partial charge < -0.3 is 4.74 Å².